The van der Waals surface area contributed by atoms with Crippen molar-refractivity contribution < 1.29 is 14.4 Å². The summed E-state index contributed by atoms with van der Waals surface area (Å²) in [6.07, 6.45) is 0.346. The van der Waals surface area contributed by atoms with Gasteiger partial charge in [-0.25, -0.2) is 4.79 Å². The molecule has 1 unspecified atom stereocenters. The summed E-state index contributed by atoms with van der Waals surface area (Å²) in [6.45, 7) is 4.41. The minimum absolute atomic E-state index is 0.0185. The van der Waals surface area contributed by atoms with Crippen molar-refractivity contribution >= 4 is 17.8 Å². The Hall–Kier alpha value is -2.57. The fourth-order valence-corrected chi connectivity index (χ4v) is 3.56. The Balaban J connectivity index is 1.68. The van der Waals surface area contributed by atoms with Crippen molar-refractivity contribution in [3.63, 3.8) is 0 Å². The first kappa shape index (κ1) is 17.3. The Morgan fingerprint density at radius 3 is 2.48 bits per heavy atom. The van der Waals surface area contributed by atoms with Crippen molar-refractivity contribution in [2.75, 3.05) is 32.7 Å². The number of amides is 4. The zero-order valence-electron chi connectivity index (χ0n) is 14.5. The van der Waals surface area contributed by atoms with Crippen LogP contribution in [0.2, 0.25) is 0 Å². The van der Waals surface area contributed by atoms with Crippen LogP contribution in [-0.2, 0) is 16.1 Å². The molecule has 0 radical (unpaired) electrons. The maximum absolute atomic E-state index is 12.6. The van der Waals surface area contributed by atoms with Crippen LogP contribution >= 0.6 is 0 Å². The van der Waals surface area contributed by atoms with E-state index in [2.05, 4.69) is 10.6 Å². The van der Waals surface area contributed by atoms with E-state index in [1.807, 2.05) is 30.3 Å². The minimum Gasteiger partial charge on any atom is -0.355 e. The van der Waals surface area contributed by atoms with Crippen molar-refractivity contribution in [1.82, 2.24) is 20.4 Å². The molecule has 1 atom stereocenters. The highest BCUT2D eigenvalue weighted by atomic mass is 16.2. The smallest absolute Gasteiger partial charge is 0.317 e. The molecule has 1 aromatic carbocycles. The Kier molecular flexibility index (Phi) is 4.92. The maximum Gasteiger partial charge on any atom is 0.317 e. The van der Waals surface area contributed by atoms with E-state index >= 15 is 0 Å². The summed E-state index contributed by atoms with van der Waals surface area (Å²) in [6, 6.07) is 9.56. The molecule has 7 nitrogen and oxygen atoms in total. The lowest BCUT2D eigenvalue weighted by molar-refractivity contribution is -0.130. The van der Waals surface area contributed by atoms with Gasteiger partial charge in [-0.2, -0.15) is 0 Å². The highest BCUT2D eigenvalue weighted by Crippen LogP contribution is 2.30. The second-order valence-corrected chi connectivity index (χ2v) is 6.96. The normalized spacial score (nSPS) is 23.3. The molecule has 2 N–H and O–H groups in total. The van der Waals surface area contributed by atoms with Gasteiger partial charge >= 0.3 is 6.03 Å². The van der Waals surface area contributed by atoms with Crippen LogP contribution in [0.4, 0.5) is 4.79 Å². The van der Waals surface area contributed by atoms with Crippen molar-refractivity contribution in [2.45, 2.75) is 19.9 Å². The average molecular weight is 344 g/mol. The minimum atomic E-state index is -0.399. The molecule has 2 aliphatic heterocycles. The number of rotatable bonds is 2. The second-order valence-electron chi connectivity index (χ2n) is 6.96. The standard InChI is InChI=1S/C18H24N4O3/c1-14(23)21-7-8-22(13-18(12-21)9-16(24)20-11-18)17(25)19-10-15-5-3-2-4-6-15/h2-6H,7-13H2,1H3,(H,19,25)(H,20,24). The topological polar surface area (TPSA) is 81.8 Å². The Labute approximate surface area is 147 Å². The Morgan fingerprint density at radius 1 is 1.16 bits per heavy atom. The van der Waals surface area contributed by atoms with Crippen molar-refractivity contribution in [2.24, 2.45) is 5.41 Å². The molecule has 2 aliphatic rings. The zero-order chi connectivity index (χ0) is 17.9. The number of carbonyl (C=O) groups excluding carboxylic acids is 3. The summed E-state index contributed by atoms with van der Waals surface area (Å²) in [5.74, 6) is -0.0414. The third-order valence-electron chi connectivity index (χ3n) is 4.91. The third-order valence-corrected chi connectivity index (χ3v) is 4.91. The summed E-state index contributed by atoms with van der Waals surface area (Å²) in [5.41, 5.74) is 0.632. The number of benzene rings is 1. The number of nitrogens with one attached hydrogen (secondary N) is 2. The lowest BCUT2D eigenvalue weighted by Crippen LogP contribution is -2.47. The molecule has 7 heteroatoms. The summed E-state index contributed by atoms with van der Waals surface area (Å²) < 4.78 is 0. The fourth-order valence-electron chi connectivity index (χ4n) is 3.56. The van der Waals surface area contributed by atoms with Crippen LogP contribution in [0.5, 0.6) is 0 Å². The van der Waals surface area contributed by atoms with Crippen LogP contribution < -0.4 is 10.6 Å². The molecule has 4 amide bonds. The number of hydrogen-bond acceptors (Lipinski definition) is 3. The molecule has 1 spiro atoms. The van der Waals surface area contributed by atoms with Crippen LogP contribution in [0.15, 0.2) is 30.3 Å². The van der Waals surface area contributed by atoms with Crippen molar-refractivity contribution in [3.8, 4) is 0 Å². The highest BCUT2D eigenvalue weighted by Gasteiger charge is 2.44. The molecule has 2 heterocycles. The largest absolute Gasteiger partial charge is 0.355 e. The van der Waals surface area contributed by atoms with Crippen LogP contribution in [-0.4, -0.2) is 60.4 Å². The maximum atomic E-state index is 12.6. The van der Waals surface area contributed by atoms with Crippen LogP contribution in [0.1, 0.15) is 18.9 Å². The van der Waals surface area contributed by atoms with Gasteiger partial charge in [-0.3, -0.25) is 9.59 Å². The quantitative estimate of drug-likeness (QED) is 0.823. The SMILES string of the molecule is CC(=O)N1CCN(C(=O)NCc2ccccc2)CC2(CNC(=O)C2)C1. The first-order chi connectivity index (χ1) is 12.0. The second kappa shape index (κ2) is 7.13. The number of carbonyl (C=O) groups is 3. The average Bonchev–Trinajstić information content (AvgIpc) is 2.84. The molecular formula is C18H24N4O3. The Morgan fingerprint density at radius 2 is 1.84 bits per heavy atom. The van der Waals surface area contributed by atoms with Gasteiger partial charge in [-0.05, 0) is 5.56 Å². The van der Waals surface area contributed by atoms with Crippen LogP contribution in [0, 0.1) is 5.41 Å². The fraction of sp³-hybridized carbons (Fsp3) is 0.500. The molecule has 134 valence electrons. The van der Waals surface area contributed by atoms with Gasteiger partial charge in [0.25, 0.3) is 0 Å². The summed E-state index contributed by atoms with van der Waals surface area (Å²) >= 11 is 0. The molecule has 0 saturated carbocycles. The molecule has 1 aromatic rings. The van der Waals surface area contributed by atoms with E-state index in [1.54, 1.807) is 9.80 Å². The Bertz CT molecular complexity index is 664. The summed E-state index contributed by atoms with van der Waals surface area (Å²) in [4.78, 5) is 39.7. The third kappa shape index (κ3) is 4.10. The van der Waals surface area contributed by atoms with Gasteiger partial charge in [0.15, 0.2) is 0 Å². The molecule has 0 bridgehead atoms. The number of hydrogen-bond donors (Lipinski definition) is 2. The van der Waals surface area contributed by atoms with E-state index in [0.717, 1.165) is 5.56 Å². The van der Waals surface area contributed by atoms with Gasteiger partial charge < -0.3 is 20.4 Å². The molecule has 0 aromatic heterocycles. The molecule has 0 aliphatic carbocycles. The predicted octanol–water partition coefficient (Wildman–Crippen LogP) is 0.567. The molecule has 2 fully saturated rings. The molecule has 2 saturated heterocycles. The van der Waals surface area contributed by atoms with Gasteiger partial charge in [-0.15, -0.1) is 0 Å². The van der Waals surface area contributed by atoms with E-state index in [4.69, 9.17) is 0 Å². The van der Waals surface area contributed by atoms with E-state index in [-0.39, 0.29) is 17.8 Å². The molecule has 3 rings (SSSR count). The highest BCUT2D eigenvalue weighted by molar-refractivity contribution is 5.80. The summed E-state index contributed by atoms with van der Waals surface area (Å²) in [7, 11) is 0. The van der Waals surface area contributed by atoms with Gasteiger partial charge in [0.1, 0.15) is 0 Å². The van der Waals surface area contributed by atoms with Crippen molar-refractivity contribution in [3.05, 3.63) is 35.9 Å². The number of urea groups is 1. The molecular weight excluding hydrogens is 320 g/mol. The predicted molar refractivity (Wildman–Crippen MR) is 92.6 cm³/mol. The van der Waals surface area contributed by atoms with E-state index in [0.29, 0.717) is 45.7 Å². The monoisotopic (exact) mass is 344 g/mol. The van der Waals surface area contributed by atoms with E-state index in [1.165, 1.54) is 6.92 Å². The van der Waals surface area contributed by atoms with Gasteiger partial charge in [0.2, 0.25) is 11.8 Å². The summed E-state index contributed by atoms with van der Waals surface area (Å²) in [5, 5.41) is 5.79. The number of nitrogens with zero attached hydrogens (tertiary/aromatic N) is 2. The lowest BCUT2D eigenvalue weighted by Gasteiger charge is -2.32. The van der Waals surface area contributed by atoms with Gasteiger partial charge in [0, 0.05) is 58.0 Å². The van der Waals surface area contributed by atoms with Gasteiger partial charge in [-0.1, -0.05) is 30.3 Å². The zero-order valence-corrected chi connectivity index (χ0v) is 14.5. The van der Waals surface area contributed by atoms with E-state index < -0.39 is 5.41 Å². The van der Waals surface area contributed by atoms with E-state index in [9.17, 15) is 14.4 Å². The van der Waals surface area contributed by atoms with Crippen LogP contribution in [0.25, 0.3) is 0 Å². The lowest BCUT2D eigenvalue weighted by atomic mass is 9.86. The molecule has 25 heavy (non-hydrogen) atoms. The first-order valence-electron chi connectivity index (χ1n) is 8.56. The first-order valence-corrected chi connectivity index (χ1v) is 8.56. The van der Waals surface area contributed by atoms with Gasteiger partial charge in [0.05, 0.1) is 0 Å². The van der Waals surface area contributed by atoms with Crippen molar-refractivity contribution in [1.29, 1.82) is 0 Å². The van der Waals surface area contributed by atoms with Crippen LogP contribution in [0.3, 0.4) is 0 Å².